The summed E-state index contributed by atoms with van der Waals surface area (Å²) >= 11 is 0. The van der Waals surface area contributed by atoms with Gasteiger partial charge in [0.25, 0.3) is 0 Å². The molecule has 1 fully saturated rings. The van der Waals surface area contributed by atoms with Gasteiger partial charge in [-0.15, -0.1) is 5.10 Å². The summed E-state index contributed by atoms with van der Waals surface area (Å²) in [5.41, 5.74) is 1.23. The van der Waals surface area contributed by atoms with E-state index in [9.17, 15) is 0 Å². The molecule has 0 bridgehead atoms. The monoisotopic (exact) mass is 315 g/mol. The molecule has 1 saturated heterocycles. The first-order chi connectivity index (χ1) is 11.3. The van der Waals surface area contributed by atoms with Crippen LogP contribution in [0.3, 0.4) is 0 Å². The van der Waals surface area contributed by atoms with Crippen molar-refractivity contribution in [2.24, 2.45) is 0 Å². The van der Waals surface area contributed by atoms with E-state index in [1.54, 1.807) is 13.3 Å². The fraction of sp³-hybridized carbons (Fsp3) is 0.438. The number of methoxy groups -OCH3 is 1. The average Bonchev–Trinajstić information content (AvgIpc) is 2.63. The van der Waals surface area contributed by atoms with E-state index in [1.807, 2.05) is 12.1 Å². The molecule has 2 aromatic rings. The van der Waals surface area contributed by atoms with Gasteiger partial charge in [0.1, 0.15) is 5.75 Å². The minimum Gasteiger partial charge on any atom is -0.497 e. The molecule has 0 atom stereocenters. The van der Waals surface area contributed by atoms with Gasteiger partial charge < -0.3 is 19.7 Å². The molecule has 1 N–H and O–H groups in total. The summed E-state index contributed by atoms with van der Waals surface area (Å²) in [7, 11) is 1.67. The molecule has 1 aromatic carbocycles. The number of morpholine rings is 1. The van der Waals surface area contributed by atoms with Gasteiger partial charge in [-0.1, -0.05) is 12.1 Å². The molecule has 0 spiro atoms. The zero-order valence-electron chi connectivity index (χ0n) is 13.2. The van der Waals surface area contributed by atoms with Crippen LogP contribution >= 0.6 is 0 Å². The lowest BCUT2D eigenvalue weighted by Gasteiger charge is -2.27. The lowest BCUT2D eigenvalue weighted by Crippen LogP contribution is -2.37. The number of nitrogens with zero attached hydrogens (tertiary/aromatic N) is 4. The molecule has 7 heteroatoms. The average molecular weight is 315 g/mol. The first kappa shape index (κ1) is 15.5. The second-order valence-electron chi connectivity index (χ2n) is 5.26. The number of hydrogen-bond donors (Lipinski definition) is 1. The Labute approximate surface area is 135 Å². The maximum absolute atomic E-state index is 5.35. The molecule has 0 radical (unpaired) electrons. The Kier molecular flexibility index (Phi) is 5.21. The Morgan fingerprint density at radius 2 is 2.00 bits per heavy atom. The quantitative estimate of drug-likeness (QED) is 0.863. The molecule has 1 aliphatic rings. The molecule has 3 rings (SSSR count). The largest absolute Gasteiger partial charge is 0.497 e. The van der Waals surface area contributed by atoms with Gasteiger partial charge in [0.15, 0.2) is 5.82 Å². The van der Waals surface area contributed by atoms with Crippen molar-refractivity contribution in [1.29, 1.82) is 0 Å². The van der Waals surface area contributed by atoms with Gasteiger partial charge in [-0.25, -0.2) is 0 Å². The molecule has 0 unspecified atom stereocenters. The molecular formula is C16H21N5O2. The predicted octanol–water partition coefficient (Wildman–Crippen LogP) is 1.37. The number of ether oxygens (including phenoxy) is 2. The lowest BCUT2D eigenvalue weighted by atomic mass is 10.1. The normalized spacial score (nSPS) is 14.6. The Hall–Kier alpha value is -2.41. The lowest BCUT2D eigenvalue weighted by molar-refractivity contribution is 0.122. The third-order valence-corrected chi connectivity index (χ3v) is 3.74. The van der Waals surface area contributed by atoms with Gasteiger partial charge in [0, 0.05) is 19.6 Å². The van der Waals surface area contributed by atoms with E-state index in [-0.39, 0.29) is 0 Å². The molecular weight excluding hydrogens is 294 g/mol. The van der Waals surface area contributed by atoms with Gasteiger partial charge in [-0.3, -0.25) is 0 Å². The zero-order chi connectivity index (χ0) is 15.9. The van der Waals surface area contributed by atoms with Crippen molar-refractivity contribution in [1.82, 2.24) is 15.2 Å². The summed E-state index contributed by atoms with van der Waals surface area (Å²) < 4.78 is 10.5. The van der Waals surface area contributed by atoms with E-state index in [4.69, 9.17) is 9.47 Å². The van der Waals surface area contributed by atoms with Crippen LogP contribution in [0.2, 0.25) is 0 Å². The Bertz CT molecular complexity index is 614. The number of nitrogens with one attached hydrogen (secondary N) is 1. The van der Waals surface area contributed by atoms with E-state index in [1.165, 1.54) is 5.56 Å². The minimum atomic E-state index is 0.558. The summed E-state index contributed by atoms with van der Waals surface area (Å²) in [4.78, 5) is 6.68. The Balaban J connectivity index is 1.53. The molecule has 2 heterocycles. The van der Waals surface area contributed by atoms with Crippen LogP contribution in [-0.4, -0.2) is 55.1 Å². The maximum atomic E-state index is 5.35. The molecule has 23 heavy (non-hydrogen) atoms. The highest BCUT2D eigenvalue weighted by Gasteiger charge is 2.13. The molecule has 0 saturated carbocycles. The van der Waals surface area contributed by atoms with Gasteiger partial charge in [0.05, 0.1) is 26.5 Å². The van der Waals surface area contributed by atoms with E-state index in [0.29, 0.717) is 5.95 Å². The minimum absolute atomic E-state index is 0.558. The second kappa shape index (κ2) is 7.73. The van der Waals surface area contributed by atoms with Crippen molar-refractivity contribution < 1.29 is 9.47 Å². The molecule has 1 aliphatic heterocycles. The van der Waals surface area contributed by atoms with Crippen LogP contribution in [0.15, 0.2) is 30.5 Å². The summed E-state index contributed by atoms with van der Waals surface area (Å²) in [6.45, 7) is 3.88. The zero-order valence-corrected chi connectivity index (χ0v) is 13.2. The summed E-state index contributed by atoms with van der Waals surface area (Å²) in [5, 5.41) is 11.3. The molecule has 1 aromatic heterocycles. The topological polar surface area (TPSA) is 72.4 Å². The SMILES string of the molecule is COc1ccc(CCNc2nncc(N3CCOCC3)n2)cc1. The van der Waals surface area contributed by atoms with Crippen molar-refractivity contribution in [3.05, 3.63) is 36.0 Å². The van der Waals surface area contributed by atoms with Crippen molar-refractivity contribution in [2.75, 3.05) is 50.2 Å². The number of hydrogen-bond acceptors (Lipinski definition) is 7. The Morgan fingerprint density at radius 1 is 1.22 bits per heavy atom. The predicted molar refractivity (Wildman–Crippen MR) is 88.0 cm³/mol. The number of anilines is 2. The molecule has 7 nitrogen and oxygen atoms in total. The van der Waals surface area contributed by atoms with Gasteiger partial charge in [-0.2, -0.15) is 10.1 Å². The fourth-order valence-corrected chi connectivity index (χ4v) is 2.43. The van der Waals surface area contributed by atoms with Crippen molar-refractivity contribution >= 4 is 11.8 Å². The standard InChI is InChI=1S/C16H21N5O2/c1-22-14-4-2-13(3-5-14)6-7-17-16-19-15(12-18-20-16)21-8-10-23-11-9-21/h2-5,12H,6-11H2,1H3,(H,17,19,20). The Morgan fingerprint density at radius 3 is 2.74 bits per heavy atom. The maximum Gasteiger partial charge on any atom is 0.244 e. The summed E-state index contributed by atoms with van der Waals surface area (Å²) in [6.07, 6.45) is 2.58. The van der Waals surface area contributed by atoms with Crippen LogP contribution in [0.5, 0.6) is 5.75 Å². The summed E-state index contributed by atoms with van der Waals surface area (Å²) in [5.74, 6) is 2.27. The second-order valence-corrected chi connectivity index (χ2v) is 5.26. The van der Waals surface area contributed by atoms with Crippen molar-refractivity contribution in [3.8, 4) is 5.75 Å². The van der Waals surface area contributed by atoms with Crippen LogP contribution in [0.25, 0.3) is 0 Å². The van der Waals surface area contributed by atoms with Crippen LogP contribution in [-0.2, 0) is 11.2 Å². The van der Waals surface area contributed by atoms with E-state index in [2.05, 4.69) is 37.5 Å². The van der Waals surface area contributed by atoms with Gasteiger partial charge in [-0.05, 0) is 24.1 Å². The number of aromatic nitrogens is 3. The van der Waals surface area contributed by atoms with E-state index < -0.39 is 0 Å². The molecule has 122 valence electrons. The van der Waals surface area contributed by atoms with Crippen LogP contribution in [0.4, 0.5) is 11.8 Å². The third kappa shape index (κ3) is 4.29. The molecule has 0 aliphatic carbocycles. The van der Waals surface area contributed by atoms with Crippen molar-refractivity contribution in [2.45, 2.75) is 6.42 Å². The third-order valence-electron chi connectivity index (χ3n) is 3.74. The highest BCUT2D eigenvalue weighted by molar-refractivity contribution is 5.40. The van der Waals surface area contributed by atoms with Gasteiger partial charge in [0.2, 0.25) is 5.95 Å². The van der Waals surface area contributed by atoms with E-state index in [0.717, 1.165) is 50.8 Å². The number of benzene rings is 1. The van der Waals surface area contributed by atoms with E-state index >= 15 is 0 Å². The fourth-order valence-electron chi connectivity index (χ4n) is 2.43. The highest BCUT2D eigenvalue weighted by atomic mass is 16.5. The van der Waals surface area contributed by atoms with Crippen molar-refractivity contribution in [3.63, 3.8) is 0 Å². The molecule has 0 amide bonds. The van der Waals surface area contributed by atoms with Crippen LogP contribution in [0.1, 0.15) is 5.56 Å². The smallest absolute Gasteiger partial charge is 0.244 e. The van der Waals surface area contributed by atoms with Gasteiger partial charge >= 0.3 is 0 Å². The number of rotatable bonds is 6. The highest BCUT2D eigenvalue weighted by Crippen LogP contribution is 2.13. The summed E-state index contributed by atoms with van der Waals surface area (Å²) in [6, 6.07) is 8.05. The van der Waals surface area contributed by atoms with Crippen LogP contribution < -0.4 is 15.0 Å². The first-order valence-electron chi connectivity index (χ1n) is 7.74. The first-order valence-corrected chi connectivity index (χ1v) is 7.74. The van der Waals surface area contributed by atoms with Crippen LogP contribution in [0, 0.1) is 0 Å².